The Hall–Kier alpha value is -1.09. The molecule has 1 aromatic heterocycles. The quantitative estimate of drug-likeness (QED) is 0.549. The fourth-order valence-electron chi connectivity index (χ4n) is 1.04. The van der Waals surface area contributed by atoms with E-state index in [9.17, 15) is 18.3 Å². The van der Waals surface area contributed by atoms with Gasteiger partial charge in [0.05, 0.1) is 19.0 Å². The van der Waals surface area contributed by atoms with Crippen LogP contribution >= 0.6 is 0 Å². The molecule has 1 heterocycles. The molecule has 0 aromatic carbocycles. The minimum absolute atomic E-state index is 0.0386. The predicted molar refractivity (Wildman–Crippen MR) is 54.4 cm³/mol. The molecule has 1 unspecified atom stereocenters. The van der Waals surface area contributed by atoms with Crippen LogP contribution in [0.2, 0.25) is 0 Å². The Morgan fingerprint density at radius 1 is 1.44 bits per heavy atom. The van der Waals surface area contributed by atoms with Crippen LogP contribution in [0.3, 0.4) is 0 Å². The van der Waals surface area contributed by atoms with Gasteiger partial charge in [0.1, 0.15) is 12.4 Å². The molecule has 0 saturated heterocycles. The van der Waals surface area contributed by atoms with Gasteiger partial charge in [0.15, 0.2) is 6.61 Å². The zero-order valence-electron chi connectivity index (χ0n) is 9.44. The van der Waals surface area contributed by atoms with E-state index in [2.05, 4.69) is 4.84 Å². The Morgan fingerprint density at radius 2 is 2.22 bits per heavy atom. The van der Waals surface area contributed by atoms with E-state index in [1.165, 1.54) is 6.26 Å². The number of furan rings is 1. The normalized spacial score (nSPS) is 13.8. The molecule has 0 fully saturated rings. The molecule has 0 radical (unpaired) electrons. The van der Waals surface area contributed by atoms with E-state index in [-0.39, 0.29) is 19.8 Å². The van der Waals surface area contributed by atoms with Crippen molar-refractivity contribution >= 4 is 0 Å². The summed E-state index contributed by atoms with van der Waals surface area (Å²) in [4.78, 5) is 4.11. The van der Waals surface area contributed by atoms with Crippen molar-refractivity contribution in [3.8, 4) is 0 Å². The summed E-state index contributed by atoms with van der Waals surface area (Å²) < 4.78 is 45.1. The molecule has 0 bridgehead atoms. The van der Waals surface area contributed by atoms with Crippen molar-refractivity contribution in [2.75, 3.05) is 19.8 Å². The summed E-state index contributed by atoms with van der Waals surface area (Å²) in [5, 5.41) is 9.33. The molecule has 5 nitrogen and oxygen atoms in total. The maximum absolute atomic E-state index is 11.7. The van der Waals surface area contributed by atoms with Gasteiger partial charge >= 0.3 is 6.18 Å². The fourth-order valence-corrected chi connectivity index (χ4v) is 1.04. The van der Waals surface area contributed by atoms with Gasteiger partial charge in [-0.3, -0.25) is 4.84 Å². The van der Waals surface area contributed by atoms with Crippen LogP contribution in [-0.4, -0.2) is 37.1 Å². The summed E-state index contributed by atoms with van der Waals surface area (Å²) in [6.07, 6.45) is -3.87. The molecule has 104 valence electrons. The standard InChI is InChI=1S/C10H14F3NO4/c11-10(12,13)7-18-14-4-8(15)5-16-6-9-2-1-3-17-9/h1-3,8,14-15H,4-7H2. The lowest BCUT2D eigenvalue weighted by Crippen LogP contribution is -2.33. The van der Waals surface area contributed by atoms with Crippen LogP contribution in [0, 0.1) is 0 Å². The highest BCUT2D eigenvalue weighted by molar-refractivity contribution is 4.96. The van der Waals surface area contributed by atoms with E-state index in [1.54, 1.807) is 12.1 Å². The monoisotopic (exact) mass is 269 g/mol. The van der Waals surface area contributed by atoms with Gasteiger partial charge in [0.25, 0.3) is 0 Å². The molecular formula is C10H14F3NO4. The highest BCUT2D eigenvalue weighted by Gasteiger charge is 2.27. The number of hydroxylamine groups is 1. The molecular weight excluding hydrogens is 255 g/mol. The maximum Gasteiger partial charge on any atom is 0.413 e. The van der Waals surface area contributed by atoms with Crippen LogP contribution in [-0.2, 0) is 16.2 Å². The highest BCUT2D eigenvalue weighted by Crippen LogP contribution is 2.13. The molecule has 0 aliphatic carbocycles. The van der Waals surface area contributed by atoms with Gasteiger partial charge in [0.2, 0.25) is 0 Å². The Morgan fingerprint density at radius 3 is 2.83 bits per heavy atom. The van der Waals surface area contributed by atoms with Crippen molar-refractivity contribution in [3.05, 3.63) is 24.2 Å². The summed E-state index contributed by atoms with van der Waals surface area (Å²) >= 11 is 0. The van der Waals surface area contributed by atoms with E-state index in [0.29, 0.717) is 5.76 Å². The lowest BCUT2D eigenvalue weighted by atomic mass is 10.4. The molecule has 1 aromatic rings. The van der Waals surface area contributed by atoms with E-state index in [1.807, 2.05) is 5.48 Å². The first-order valence-corrected chi connectivity index (χ1v) is 5.17. The number of aliphatic hydroxyl groups is 1. The largest absolute Gasteiger partial charge is 0.467 e. The molecule has 0 aliphatic rings. The average Bonchev–Trinajstić information content (AvgIpc) is 2.76. The second kappa shape index (κ2) is 7.37. The minimum Gasteiger partial charge on any atom is -0.467 e. The first-order valence-electron chi connectivity index (χ1n) is 5.17. The van der Waals surface area contributed by atoms with Crippen molar-refractivity contribution in [2.45, 2.75) is 18.9 Å². The van der Waals surface area contributed by atoms with Gasteiger partial charge < -0.3 is 14.3 Å². The number of hydrogen-bond acceptors (Lipinski definition) is 5. The minimum atomic E-state index is -4.40. The van der Waals surface area contributed by atoms with Gasteiger partial charge in [-0.15, -0.1) is 0 Å². The molecule has 0 spiro atoms. The van der Waals surface area contributed by atoms with Gasteiger partial charge in [-0.25, -0.2) is 0 Å². The SMILES string of the molecule is OC(CNOCC(F)(F)F)COCc1ccco1. The van der Waals surface area contributed by atoms with Gasteiger partial charge in [-0.2, -0.15) is 18.7 Å². The number of aliphatic hydroxyl groups excluding tert-OH is 1. The number of nitrogens with one attached hydrogen (secondary N) is 1. The smallest absolute Gasteiger partial charge is 0.413 e. The summed E-state index contributed by atoms with van der Waals surface area (Å²) in [6.45, 7) is -1.42. The molecule has 1 atom stereocenters. The van der Waals surface area contributed by atoms with Gasteiger partial charge in [0, 0.05) is 6.54 Å². The first-order chi connectivity index (χ1) is 8.47. The Bertz CT molecular complexity index is 315. The summed E-state index contributed by atoms with van der Waals surface area (Å²) in [5.74, 6) is 0.600. The fraction of sp³-hybridized carbons (Fsp3) is 0.600. The third-order valence-corrected chi connectivity index (χ3v) is 1.79. The van der Waals surface area contributed by atoms with E-state index < -0.39 is 18.9 Å². The van der Waals surface area contributed by atoms with Crippen molar-refractivity contribution < 1.29 is 32.3 Å². The Labute approximate surface area is 101 Å². The van der Waals surface area contributed by atoms with Crippen LogP contribution in [0.15, 0.2) is 22.8 Å². The second-order valence-electron chi connectivity index (χ2n) is 3.50. The summed E-state index contributed by atoms with van der Waals surface area (Å²) in [5.41, 5.74) is 2.01. The Kier molecular flexibility index (Phi) is 6.13. The van der Waals surface area contributed by atoms with Crippen LogP contribution in [0.25, 0.3) is 0 Å². The average molecular weight is 269 g/mol. The van der Waals surface area contributed by atoms with Crippen molar-refractivity contribution in [2.24, 2.45) is 0 Å². The maximum atomic E-state index is 11.7. The van der Waals surface area contributed by atoms with E-state index in [0.717, 1.165) is 0 Å². The molecule has 2 N–H and O–H groups in total. The van der Waals surface area contributed by atoms with Crippen LogP contribution < -0.4 is 5.48 Å². The molecule has 1 rings (SSSR count). The summed E-state index contributed by atoms with van der Waals surface area (Å²) in [7, 11) is 0. The molecule has 0 saturated carbocycles. The number of ether oxygens (including phenoxy) is 1. The van der Waals surface area contributed by atoms with Crippen molar-refractivity contribution in [1.29, 1.82) is 0 Å². The lowest BCUT2D eigenvalue weighted by Gasteiger charge is -2.12. The number of halogens is 3. The number of rotatable bonds is 8. The zero-order valence-corrected chi connectivity index (χ0v) is 9.44. The van der Waals surface area contributed by atoms with Crippen LogP contribution in [0.4, 0.5) is 13.2 Å². The number of alkyl halides is 3. The summed E-state index contributed by atoms with van der Waals surface area (Å²) in [6, 6.07) is 3.40. The number of hydrogen-bond donors (Lipinski definition) is 2. The first kappa shape index (κ1) is 15.0. The Balaban J connectivity index is 1.99. The van der Waals surface area contributed by atoms with Gasteiger partial charge in [-0.05, 0) is 12.1 Å². The van der Waals surface area contributed by atoms with Crippen LogP contribution in [0.1, 0.15) is 5.76 Å². The third-order valence-electron chi connectivity index (χ3n) is 1.79. The highest BCUT2D eigenvalue weighted by atomic mass is 19.4. The molecule has 18 heavy (non-hydrogen) atoms. The lowest BCUT2D eigenvalue weighted by molar-refractivity contribution is -0.191. The zero-order chi connectivity index (χ0) is 13.4. The van der Waals surface area contributed by atoms with Crippen LogP contribution in [0.5, 0.6) is 0 Å². The second-order valence-corrected chi connectivity index (χ2v) is 3.50. The predicted octanol–water partition coefficient (Wildman–Crippen LogP) is 1.24. The molecule has 0 amide bonds. The van der Waals surface area contributed by atoms with E-state index in [4.69, 9.17) is 9.15 Å². The van der Waals surface area contributed by atoms with E-state index >= 15 is 0 Å². The van der Waals surface area contributed by atoms with Crippen molar-refractivity contribution in [1.82, 2.24) is 5.48 Å². The topological polar surface area (TPSA) is 63.9 Å². The molecule has 0 aliphatic heterocycles. The third kappa shape index (κ3) is 7.28. The van der Waals surface area contributed by atoms with Gasteiger partial charge in [-0.1, -0.05) is 0 Å². The molecule has 8 heteroatoms. The van der Waals surface area contributed by atoms with Crippen molar-refractivity contribution in [3.63, 3.8) is 0 Å².